The Morgan fingerprint density at radius 2 is 1.90 bits per heavy atom. The number of hydrogen-bond acceptors (Lipinski definition) is 1. The lowest BCUT2D eigenvalue weighted by molar-refractivity contribution is 0.286. The molecule has 1 aromatic carbocycles. The van der Waals surface area contributed by atoms with Crippen LogP contribution in [0.4, 0.5) is 0 Å². The van der Waals surface area contributed by atoms with Crippen LogP contribution in [0.15, 0.2) is 18.2 Å². The molecule has 0 bridgehead atoms. The Bertz CT molecular complexity index is 455. The van der Waals surface area contributed by atoms with Gasteiger partial charge in [-0.1, -0.05) is 49.4 Å². The second-order valence-corrected chi connectivity index (χ2v) is 8.14. The normalized spacial score (nSPS) is 18.1. The predicted molar refractivity (Wildman–Crippen MR) is 93.1 cm³/mol. The molecular formula is C19H30ClN. The van der Waals surface area contributed by atoms with Gasteiger partial charge < -0.3 is 5.32 Å². The molecule has 2 rings (SSSR count). The molecule has 0 aliphatic heterocycles. The van der Waals surface area contributed by atoms with Gasteiger partial charge in [0.05, 0.1) is 0 Å². The van der Waals surface area contributed by atoms with E-state index in [-0.39, 0.29) is 5.54 Å². The Hall–Kier alpha value is -0.530. The maximum atomic E-state index is 6.45. The molecule has 118 valence electrons. The zero-order chi connectivity index (χ0) is 15.5. The minimum Gasteiger partial charge on any atom is -0.312 e. The molecule has 0 aromatic heterocycles. The first-order valence-corrected chi connectivity index (χ1v) is 8.73. The molecule has 0 heterocycles. The Labute approximate surface area is 135 Å². The van der Waals surface area contributed by atoms with Crippen molar-refractivity contribution in [3.05, 3.63) is 34.3 Å². The monoisotopic (exact) mass is 307 g/mol. The molecule has 1 saturated carbocycles. The summed E-state index contributed by atoms with van der Waals surface area (Å²) in [5.74, 6) is 1.56. The van der Waals surface area contributed by atoms with Gasteiger partial charge in [0.1, 0.15) is 0 Å². The van der Waals surface area contributed by atoms with Crippen molar-refractivity contribution in [2.45, 2.75) is 65.3 Å². The van der Waals surface area contributed by atoms with Crippen molar-refractivity contribution in [3.8, 4) is 0 Å². The molecule has 1 aromatic rings. The van der Waals surface area contributed by atoms with E-state index < -0.39 is 0 Å². The molecule has 1 fully saturated rings. The van der Waals surface area contributed by atoms with E-state index in [1.54, 1.807) is 0 Å². The van der Waals surface area contributed by atoms with Gasteiger partial charge in [-0.3, -0.25) is 0 Å². The van der Waals surface area contributed by atoms with Gasteiger partial charge in [-0.15, -0.1) is 0 Å². The fourth-order valence-corrected chi connectivity index (χ4v) is 3.68. The highest BCUT2D eigenvalue weighted by molar-refractivity contribution is 6.31. The minimum absolute atomic E-state index is 0.188. The van der Waals surface area contributed by atoms with E-state index >= 15 is 0 Å². The third kappa shape index (κ3) is 5.30. The van der Waals surface area contributed by atoms with Gasteiger partial charge >= 0.3 is 0 Å². The molecule has 1 nitrogen and oxygen atoms in total. The number of benzene rings is 1. The number of aryl methyl sites for hydroxylation is 1. The van der Waals surface area contributed by atoms with Crippen LogP contribution in [0.2, 0.25) is 5.02 Å². The van der Waals surface area contributed by atoms with Gasteiger partial charge in [-0.25, -0.2) is 0 Å². The van der Waals surface area contributed by atoms with E-state index in [1.165, 1.54) is 36.8 Å². The first-order valence-electron chi connectivity index (χ1n) is 8.35. The Kier molecular flexibility index (Phi) is 5.73. The van der Waals surface area contributed by atoms with E-state index in [4.69, 9.17) is 11.6 Å². The summed E-state index contributed by atoms with van der Waals surface area (Å²) in [5, 5.41) is 4.65. The highest BCUT2D eigenvalue weighted by atomic mass is 35.5. The highest BCUT2D eigenvalue weighted by Gasteiger charge is 2.26. The highest BCUT2D eigenvalue weighted by Crippen LogP contribution is 2.34. The lowest BCUT2D eigenvalue weighted by Gasteiger charge is -2.29. The van der Waals surface area contributed by atoms with Crippen LogP contribution in [0.5, 0.6) is 0 Å². The summed E-state index contributed by atoms with van der Waals surface area (Å²) in [5.41, 5.74) is 2.75. The Morgan fingerprint density at radius 1 is 1.24 bits per heavy atom. The molecule has 1 atom stereocenters. The molecule has 2 heteroatoms. The third-order valence-electron chi connectivity index (χ3n) is 4.65. The van der Waals surface area contributed by atoms with Gasteiger partial charge in [0.15, 0.2) is 0 Å². The fourth-order valence-electron chi connectivity index (χ4n) is 3.37. The second-order valence-electron chi connectivity index (χ2n) is 7.73. The smallest absolute Gasteiger partial charge is 0.0440 e. The average Bonchev–Trinajstić information content (AvgIpc) is 2.89. The second kappa shape index (κ2) is 7.15. The molecule has 0 amide bonds. The summed E-state index contributed by atoms with van der Waals surface area (Å²) < 4.78 is 0. The summed E-state index contributed by atoms with van der Waals surface area (Å²) in [6.45, 7) is 9.94. The molecular weight excluding hydrogens is 278 g/mol. The summed E-state index contributed by atoms with van der Waals surface area (Å²) in [6.07, 6.45) is 6.68. The van der Waals surface area contributed by atoms with E-state index in [2.05, 4.69) is 51.2 Å². The van der Waals surface area contributed by atoms with Crippen LogP contribution in [-0.2, 0) is 6.42 Å². The molecule has 0 spiro atoms. The van der Waals surface area contributed by atoms with Gasteiger partial charge in [-0.2, -0.15) is 0 Å². The van der Waals surface area contributed by atoms with Gasteiger partial charge in [0.25, 0.3) is 0 Å². The summed E-state index contributed by atoms with van der Waals surface area (Å²) in [6, 6.07) is 6.50. The maximum absolute atomic E-state index is 6.45. The van der Waals surface area contributed by atoms with E-state index in [1.807, 2.05) is 0 Å². The quantitative estimate of drug-likeness (QED) is 0.769. The first-order chi connectivity index (χ1) is 9.85. The van der Waals surface area contributed by atoms with Crippen LogP contribution in [0, 0.1) is 18.8 Å². The van der Waals surface area contributed by atoms with Gasteiger partial charge in [0, 0.05) is 10.6 Å². The number of nitrogens with one attached hydrogen (secondary N) is 1. The van der Waals surface area contributed by atoms with Crippen molar-refractivity contribution in [1.29, 1.82) is 0 Å². The number of halogens is 1. The summed E-state index contributed by atoms with van der Waals surface area (Å²) in [7, 11) is 0. The van der Waals surface area contributed by atoms with Crippen LogP contribution in [0.25, 0.3) is 0 Å². The van der Waals surface area contributed by atoms with Gasteiger partial charge in [-0.05, 0) is 69.7 Å². The summed E-state index contributed by atoms with van der Waals surface area (Å²) >= 11 is 6.45. The lowest BCUT2D eigenvalue weighted by Crippen LogP contribution is -2.41. The standard InChI is InChI=1S/C19H30ClN/c1-14-9-10-16(18(20)11-14)12-17(13-21-19(2,3)4)15-7-5-6-8-15/h9-11,15,17,21H,5-8,12-13H2,1-4H3. The Balaban J connectivity index is 2.07. The maximum Gasteiger partial charge on any atom is 0.0440 e. The SMILES string of the molecule is Cc1ccc(CC(CNC(C)(C)C)C2CCCC2)c(Cl)c1. The molecule has 1 N–H and O–H groups in total. The average molecular weight is 308 g/mol. The van der Waals surface area contributed by atoms with Crippen molar-refractivity contribution in [3.63, 3.8) is 0 Å². The van der Waals surface area contributed by atoms with E-state index in [9.17, 15) is 0 Å². The predicted octanol–water partition coefficient (Wildman–Crippen LogP) is 5.39. The molecule has 21 heavy (non-hydrogen) atoms. The summed E-state index contributed by atoms with van der Waals surface area (Å²) in [4.78, 5) is 0. The van der Waals surface area contributed by atoms with E-state index in [0.29, 0.717) is 5.92 Å². The van der Waals surface area contributed by atoms with Crippen LogP contribution < -0.4 is 5.32 Å². The molecule has 1 unspecified atom stereocenters. The van der Waals surface area contributed by atoms with Crippen LogP contribution in [0.3, 0.4) is 0 Å². The van der Waals surface area contributed by atoms with Gasteiger partial charge in [0.2, 0.25) is 0 Å². The van der Waals surface area contributed by atoms with Crippen LogP contribution in [0.1, 0.15) is 57.6 Å². The van der Waals surface area contributed by atoms with Crippen molar-refractivity contribution < 1.29 is 0 Å². The lowest BCUT2D eigenvalue weighted by atomic mass is 9.85. The zero-order valence-corrected chi connectivity index (χ0v) is 14.8. The zero-order valence-electron chi connectivity index (χ0n) is 14.0. The minimum atomic E-state index is 0.188. The van der Waals surface area contributed by atoms with Crippen LogP contribution >= 0.6 is 11.6 Å². The number of rotatable bonds is 5. The van der Waals surface area contributed by atoms with Crippen molar-refractivity contribution in [2.75, 3.05) is 6.54 Å². The largest absolute Gasteiger partial charge is 0.312 e. The molecule has 1 aliphatic rings. The molecule has 0 saturated heterocycles. The Morgan fingerprint density at radius 3 is 2.48 bits per heavy atom. The third-order valence-corrected chi connectivity index (χ3v) is 5.00. The molecule has 0 radical (unpaired) electrons. The molecule has 1 aliphatic carbocycles. The van der Waals surface area contributed by atoms with Crippen molar-refractivity contribution in [2.24, 2.45) is 11.8 Å². The topological polar surface area (TPSA) is 12.0 Å². The van der Waals surface area contributed by atoms with E-state index in [0.717, 1.165) is 23.9 Å². The van der Waals surface area contributed by atoms with Crippen molar-refractivity contribution >= 4 is 11.6 Å². The fraction of sp³-hybridized carbons (Fsp3) is 0.684. The van der Waals surface area contributed by atoms with Crippen LogP contribution in [-0.4, -0.2) is 12.1 Å². The first kappa shape index (κ1) is 16.8. The number of hydrogen-bond donors (Lipinski definition) is 1. The van der Waals surface area contributed by atoms with Crippen molar-refractivity contribution in [1.82, 2.24) is 5.32 Å².